The monoisotopic (exact) mass is 523 g/mol. The molecule has 0 aliphatic heterocycles. The normalized spacial score (nSPS) is 11.1. The number of benzene rings is 3. The molecule has 4 nitrogen and oxygen atoms in total. The van der Waals surface area contributed by atoms with Crippen molar-refractivity contribution in [2.75, 3.05) is 6.54 Å². The lowest BCUT2D eigenvalue weighted by Gasteiger charge is -2.10. The van der Waals surface area contributed by atoms with E-state index in [-0.39, 0.29) is 5.91 Å². The van der Waals surface area contributed by atoms with Gasteiger partial charge in [0.1, 0.15) is 5.82 Å². The molecule has 0 aliphatic rings. The van der Waals surface area contributed by atoms with Gasteiger partial charge in [-0.25, -0.2) is 4.98 Å². The van der Waals surface area contributed by atoms with Gasteiger partial charge in [-0.2, -0.15) is 0 Å². The Balaban J connectivity index is 1.28. The molecule has 0 radical (unpaired) electrons. The third-order valence-electron chi connectivity index (χ3n) is 5.70. The van der Waals surface area contributed by atoms with Crippen LogP contribution in [0, 0.1) is 0 Å². The molecule has 1 amide bonds. The minimum Gasteiger partial charge on any atom is -0.356 e. The van der Waals surface area contributed by atoms with Gasteiger partial charge in [-0.05, 0) is 54.3 Å². The predicted octanol–water partition coefficient (Wildman–Crippen LogP) is 6.57. The van der Waals surface area contributed by atoms with Gasteiger partial charge in [-0.1, -0.05) is 76.4 Å². The van der Waals surface area contributed by atoms with Crippen LogP contribution in [0.4, 0.5) is 0 Å². The number of amides is 1. The molecule has 0 spiro atoms. The minimum absolute atomic E-state index is 0.0133. The van der Waals surface area contributed by atoms with E-state index in [1.807, 2.05) is 30.3 Å². The van der Waals surface area contributed by atoms with Crippen LogP contribution < -0.4 is 5.32 Å². The van der Waals surface area contributed by atoms with Crippen molar-refractivity contribution in [2.45, 2.75) is 38.6 Å². The van der Waals surface area contributed by atoms with Crippen molar-refractivity contribution < 1.29 is 4.79 Å². The number of imidazole rings is 1. The number of aromatic nitrogens is 2. The molecule has 1 N–H and O–H groups in total. The number of unbranched alkanes of at least 4 members (excludes halogenated alkanes) is 2. The number of halogens is 2. The van der Waals surface area contributed by atoms with Gasteiger partial charge in [0.25, 0.3) is 0 Å². The molecule has 33 heavy (non-hydrogen) atoms. The number of rotatable bonds is 10. The molecule has 4 rings (SSSR count). The fraction of sp³-hybridized carbons (Fsp3) is 0.259. The Kier molecular flexibility index (Phi) is 8.19. The first-order chi connectivity index (χ1) is 16.1. The summed E-state index contributed by atoms with van der Waals surface area (Å²) in [6, 6.07) is 24.2. The van der Waals surface area contributed by atoms with Crippen molar-refractivity contribution in [3.8, 4) is 0 Å². The molecule has 0 atom stereocenters. The highest BCUT2D eigenvalue weighted by Gasteiger charge is 2.11. The first kappa shape index (κ1) is 23.5. The van der Waals surface area contributed by atoms with Crippen LogP contribution in [0.25, 0.3) is 11.0 Å². The number of para-hydroxylation sites is 2. The lowest BCUT2D eigenvalue weighted by atomic mass is 10.1. The van der Waals surface area contributed by atoms with E-state index in [0.29, 0.717) is 18.0 Å². The highest BCUT2D eigenvalue weighted by atomic mass is 79.9. The Morgan fingerprint density at radius 2 is 1.70 bits per heavy atom. The SMILES string of the molecule is O=C(Cc1ccccc1Cl)NCCCCCc1nc2ccccc2n1Cc1ccc(Br)cc1. The number of nitrogens with one attached hydrogen (secondary N) is 1. The summed E-state index contributed by atoms with van der Waals surface area (Å²) in [7, 11) is 0. The number of nitrogens with zero attached hydrogens (tertiary/aromatic N) is 2. The zero-order valence-corrected chi connectivity index (χ0v) is 20.8. The maximum absolute atomic E-state index is 12.2. The maximum atomic E-state index is 12.2. The molecule has 0 saturated heterocycles. The fourth-order valence-electron chi connectivity index (χ4n) is 3.95. The van der Waals surface area contributed by atoms with Gasteiger partial charge in [-0.15, -0.1) is 0 Å². The quantitative estimate of drug-likeness (QED) is 0.238. The summed E-state index contributed by atoms with van der Waals surface area (Å²) < 4.78 is 3.41. The van der Waals surface area contributed by atoms with Crippen LogP contribution in [-0.4, -0.2) is 22.0 Å². The highest BCUT2D eigenvalue weighted by molar-refractivity contribution is 9.10. The summed E-state index contributed by atoms with van der Waals surface area (Å²) >= 11 is 9.65. The Morgan fingerprint density at radius 1 is 0.939 bits per heavy atom. The van der Waals surface area contributed by atoms with Crippen LogP contribution in [0.5, 0.6) is 0 Å². The molecule has 0 aliphatic carbocycles. The molecule has 1 aromatic heterocycles. The molecule has 0 unspecified atom stereocenters. The summed E-state index contributed by atoms with van der Waals surface area (Å²) in [6.45, 7) is 1.49. The van der Waals surface area contributed by atoms with Crippen molar-refractivity contribution in [2.24, 2.45) is 0 Å². The molecular weight excluding hydrogens is 498 g/mol. The van der Waals surface area contributed by atoms with E-state index >= 15 is 0 Å². The van der Waals surface area contributed by atoms with Crippen LogP contribution in [0.2, 0.25) is 5.02 Å². The average molecular weight is 525 g/mol. The zero-order chi connectivity index (χ0) is 23.0. The van der Waals surface area contributed by atoms with E-state index < -0.39 is 0 Å². The van der Waals surface area contributed by atoms with Gasteiger partial charge in [0.05, 0.1) is 17.5 Å². The van der Waals surface area contributed by atoms with E-state index in [9.17, 15) is 4.79 Å². The van der Waals surface area contributed by atoms with Crippen molar-refractivity contribution in [3.05, 3.63) is 99.2 Å². The van der Waals surface area contributed by atoms with Crippen LogP contribution >= 0.6 is 27.5 Å². The Hall–Kier alpha value is -2.63. The van der Waals surface area contributed by atoms with Gasteiger partial charge in [-0.3, -0.25) is 4.79 Å². The standard InChI is InChI=1S/C27H27BrClN3O/c28-22-15-13-20(14-16-22)19-32-25-11-6-5-10-24(25)31-26(32)12-2-1-7-17-30-27(33)18-21-8-3-4-9-23(21)29/h3-6,8-11,13-16H,1-2,7,12,17-19H2,(H,30,33). The Morgan fingerprint density at radius 3 is 2.52 bits per heavy atom. The van der Waals surface area contributed by atoms with Gasteiger partial charge >= 0.3 is 0 Å². The topological polar surface area (TPSA) is 46.9 Å². The second kappa shape index (κ2) is 11.5. The van der Waals surface area contributed by atoms with E-state index in [4.69, 9.17) is 16.6 Å². The van der Waals surface area contributed by atoms with Crippen LogP contribution in [-0.2, 0) is 24.2 Å². The Labute approximate surface area is 208 Å². The van der Waals surface area contributed by atoms with E-state index in [1.165, 1.54) is 11.1 Å². The third-order valence-corrected chi connectivity index (χ3v) is 6.59. The van der Waals surface area contributed by atoms with Crippen LogP contribution in [0.15, 0.2) is 77.3 Å². The van der Waals surface area contributed by atoms with E-state index in [0.717, 1.165) is 53.6 Å². The molecule has 170 valence electrons. The largest absolute Gasteiger partial charge is 0.356 e. The summed E-state index contributed by atoms with van der Waals surface area (Å²) in [4.78, 5) is 17.1. The van der Waals surface area contributed by atoms with Gasteiger partial charge < -0.3 is 9.88 Å². The molecule has 4 aromatic rings. The number of aryl methyl sites for hydroxylation is 1. The summed E-state index contributed by atoms with van der Waals surface area (Å²) in [5.74, 6) is 1.13. The lowest BCUT2D eigenvalue weighted by molar-refractivity contribution is -0.120. The molecular formula is C27H27BrClN3O. The van der Waals surface area contributed by atoms with E-state index in [1.54, 1.807) is 0 Å². The first-order valence-corrected chi connectivity index (χ1v) is 12.5. The van der Waals surface area contributed by atoms with Crippen LogP contribution in [0.1, 0.15) is 36.2 Å². The maximum Gasteiger partial charge on any atom is 0.224 e. The van der Waals surface area contributed by atoms with Crippen molar-refractivity contribution >= 4 is 44.5 Å². The number of hydrogen-bond donors (Lipinski definition) is 1. The Bertz CT molecular complexity index is 1220. The summed E-state index contributed by atoms with van der Waals surface area (Å²) in [5, 5.41) is 3.64. The molecule has 3 aromatic carbocycles. The number of hydrogen-bond acceptors (Lipinski definition) is 2. The molecule has 0 bridgehead atoms. The number of fused-ring (bicyclic) bond motifs is 1. The number of carbonyl (C=O) groups is 1. The average Bonchev–Trinajstić information content (AvgIpc) is 3.16. The highest BCUT2D eigenvalue weighted by Crippen LogP contribution is 2.21. The third kappa shape index (κ3) is 6.46. The molecule has 0 fully saturated rings. The molecule has 1 heterocycles. The second-order valence-electron chi connectivity index (χ2n) is 8.16. The number of carbonyl (C=O) groups excluding carboxylic acids is 1. The smallest absolute Gasteiger partial charge is 0.224 e. The van der Waals surface area contributed by atoms with Gasteiger partial charge in [0.2, 0.25) is 5.91 Å². The summed E-state index contributed by atoms with van der Waals surface area (Å²) in [5.41, 5.74) is 4.32. The second-order valence-corrected chi connectivity index (χ2v) is 9.48. The zero-order valence-electron chi connectivity index (χ0n) is 18.4. The predicted molar refractivity (Wildman–Crippen MR) is 139 cm³/mol. The van der Waals surface area contributed by atoms with E-state index in [2.05, 4.69) is 68.3 Å². The summed E-state index contributed by atoms with van der Waals surface area (Å²) in [6.07, 6.45) is 4.25. The fourth-order valence-corrected chi connectivity index (χ4v) is 4.42. The van der Waals surface area contributed by atoms with Crippen molar-refractivity contribution in [1.82, 2.24) is 14.9 Å². The van der Waals surface area contributed by atoms with Crippen molar-refractivity contribution in [3.63, 3.8) is 0 Å². The minimum atomic E-state index is 0.0133. The van der Waals surface area contributed by atoms with Crippen molar-refractivity contribution in [1.29, 1.82) is 0 Å². The van der Waals surface area contributed by atoms with Crippen LogP contribution in [0.3, 0.4) is 0 Å². The molecule has 0 saturated carbocycles. The van der Waals surface area contributed by atoms with Gasteiger partial charge in [0.15, 0.2) is 0 Å². The molecule has 6 heteroatoms. The first-order valence-electron chi connectivity index (χ1n) is 11.3. The lowest BCUT2D eigenvalue weighted by Crippen LogP contribution is -2.26. The van der Waals surface area contributed by atoms with Gasteiger partial charge in [0, 0.05) is 29.0 Å².